The molecule has 0 spiro atoms. The molecule has 1 N–H and O–H groups in total. The molecule has 174 valence electrons. The maximum Gasteiger partial charge on any atom is 0.419 e. The van der Waals surface area contributed by atoms with Crippen LogP contribution in [0.4, 0.5) is 16.2 Å². The Morgan fingerprint density at radius 3 is 2.50 bits per heavy atom. The number of carboxylic acid groups (broad SMARTS) is 1. The number of rotatable bonds is 7. The first kappa shape index (κ1) is 23.5. The van der Waals surface area contributed by atoms with Crippen molar-refractivity contribution in [1.82, 2.24) is 5.16 Å². The number of thiophene rings is 1. The highest BCUT2D eigenvalue weighted by Crippen LogP contribution is 2.40. The van der Waals surface area contributed by atoms with Gasteiger partial charge in [-0.3, -0.25) is 0 Å². The van der Waals surface area contributed by atoms with Crippen LogP contribution in [0.1, 0.15) is 32.8 Å². The number of nitrogens with zero attached hydrogens (tertiary/aromatic N) is 2. The van der Waals surface area contributed by atoms with Gasteiger partial charge in [-0.1, -0.05) is 53.2 Å². The first-order valence-corrected chi connectivity index (χ1v) is 11.7. The van der Waals surface area contributed by atoms with Gasteiger partial charge in [-0.2, -0.15) is 0 Å². The van der Waals surface area contributed by atoms with E-state index in [1.54, 1.807) is 44.2 Å². The van der Waals surface area contributed by atoms with Crippen LogP contribution >= 0.6 is 22.9 Å². The number of carboxylic acids is 1. The van der Waals surface area contributed by atoms with Gasteiger partial charge in [-0.15, -0.1) is 11.3 Å². The lowest BCUT2D eigenvalue weighted by Crippen LogP contribution is -2.27. The molecule has 2 heterocycles. The zero-order valence-corrected chi connectivity index (χ0v) is 20.0. The number of aromatic carboxylic acids is 1. The Morgan fingerprint density at radius 2 is 1.85 bits per heavy atom. The lowest BCUT2D eigenvalue weighted by molar-refractivity contribution is 0.0702. The molecule has 0 atom stereocenters. The number of benzene rings is 2. The SMILES string of the molecule is CCOC(=O)N(c1ccccc1Cl)c1c(-c2ccc(Cc3ccc(C(=O)O)s3)cc2)noc1C. The van der Waals surface area contributed by atoms with Crippen molar-refractivity contribution in [2.75, 3.05) is 11.5 Å². The van der Waals surface area contributed by atoms with Crippen LogP contribution in [0.25, 0.3) is 11.3 Å². The summed E-state index contributed by atoms with van der Waals surface area (Å²) in [5, 5.41) is 13.7. The topological polar surface area (TPSA) is 92.9 Å². The quantitative estimate of drug-likeness (QED) is 0.297. The summed E-state index contributed by atoms with van der Waals surface area (Å²) in [6.07, 6.45) is 0.0176. The van der Waals surface area contributed by atoms with Crippen LogP contribution in [0.5, 0.6) is 0 Å². The van der Waals surface area contributed by atoms with Gasteiger partial charge in [0.1, 0.15) is 16.3 Å². The van der Waals surface area contributed by atoms with Gasteiger partial charge in [-0.05, 0) is 43.7 Å². The van der Waals surface area contributed by atoms with Crippen molar-refractivity contribution in [1.29, 1.82) is 0 Å². The van der Waals surface area contributed by atoms with E-state index in [0.29, 0.717) is 39.1 Å². The molecule has 0 aliphatic heterocycles. The van der Waals surface area contributed by atoms with E-state index in [-0.39, 0.29) is 6.61 Å². The molecule has 0 radical (unpaired) electrons. The predicted octanol–water partition coefficient (Wildman–Crippen LogP) is 6.95. The number of amides is 1. The van der Waals surface area contributed by atoms with Gasteiger partial charge in [0.05, 0.1) is 17.3 Å². The van der Waals surface area contributed by atoms with Crippen molar-refractivity contribution in [3.63, 3.8) is 0 Å². The highest BCUT2D eigenvalue weighted by molar-refractivity contribution is 7.13. The molecule has 4 aromatic rings. The van der Waals surface area contributed by atoms with Gasteiger partial charge < -0.3 is 14.4 Å². The van der Waals surface area contributed by atoms with Crippen LogP contribution in [-0.4, -0.2) is 28.9 Å². The third-order valence-corrected chi connectivity index (χ3v) is 6.47. The Morgan fingerprint density at radius 1 is 1.12 bits per heavy atom. The van der Waals surface area contributed by atoms with Gasteiger partial charge in [0.15, 0.2) is 5.76 Å². The second-order valence-corrected chi connectivity index (χ2v) is 8.94. The molecule has 0 aliphatic rings. The minimum absolute atomic E-state index is 0.195. The standard InChI is InChI=1S/C25H21ClN2O5S/c1-3-32-25(31)28(20-7-5-4-6-19(20)26)23-15(2)33-27-22(23)17-10-8-16(9-11-17)14-18-12-13-21(34-18)24(29)30/h4-13H,3,14H2,1-2H3,(H,29,30). The summed E-state index contributed by atoms with van der Waals surface area (Å²) in [4.78, 5) is 26.7. The largest absolute Gasteiger partial charge is 0.477 e. The van der Waals surface area contributed by atoms with E-state index in [1.165, 1.54) is 16.2 Å². The van der Waals surface area contributed by atoms with Gasteiger partial charge in [0.2, 0.25) is 0 Å². The summed E-state index contributed by atoms with van der Waals surface area (Å²) in [6, 6.07) is 18.1. The molecule has 0 saturated carbocycles. The number of hydrogen-bond acceptors (Lipinski definition) is 6. The maximum absolute atomic E-state index is 13.0. The average molecular weight is 497 g/mol. The van der Waals surface area contributed by atoms with E-state index in [4.69, 9.17) is 26.0 Å². The van der Waals surface area contributed by atoms with Gasteiger partial charge >= 0.3 is 12.1 Å². The monoisotopic (exact) mass is 496 g/mol. The summed E-state index contributed by atoms with van der Waals surface area (Å²) in [5.41, 5.74) is 3.13. The summed E-state index contributed by atoms with van der Waals surface area (Å²) in [6.45, 7) is 3.65. The molecule has 0 saturated heterocycles. The van der Waals surface area contributed by atoms with Crippen molar-refractivity contribution in [3.8, 4) is 11.3 Å². The fourth-order valence-electron chi connectivity index (χ4n) is 3.52. The number of carbonyl (C=O) groups excluding carboxylic acids is 1. The van der Waals surface area contributed by atoms with Gasteiger partial charge in [0.25, 0.3) is 0 Å². The fraction of sp³-hybridized carbons (Fsp3) is 0.160. The van der Waals surface area contributed by atoms with E-state index in [0.717, 1.165) is 16.0 Å². The first-order valence-electron chi connectivity index (χ1n) is 10.5. The zero-order valence-electron chi connectivity index (χ0n) is 18.4. The number of ether oxygens (including phenoxy) is 1. The number of aryl methyl sites for hydroxylation is 1. The van der Waals surface area contributed by atoms with Crippen LogP contribution in [0.3, 0.4) is 0 Å². The molecule has 0 unspecified atom stereocenters. The Bertz CT molecular complexity index is 1330. The van der Waals surface area contributed by atoms with Gasteiger partial charge in [-0.25, -0.2) is 14.5 Å². The second kappa shape index (κ2) is 10.1. The number of hydrogen-bond donors (Lipinski definition) is 1. The Kier molecular flexibility index (Phi) is 7.00. The molecule has 0 fully saturated rings. The van der Waals surface area contributed by atoms with Crippen molar-refractivity contribution < 1.29 is 24.0 Å². The molecular weight excluding hydrogens is 476 g/mol. The Hall–Kier alpha value is -3.62. The summed E-state index contributed by atoms with van der Waals surface area (Å²) in [7, 11) is 0. The number of para-hydroxylation sites is 1. The fourth-order valence-corrected chi connectivity index (χ4v) is 4.62. The Balaban J connectivity index is 1.69. The number of halogens is 1. The molecule has 0 aliphatic carbocycles. The molecule has 2 aromatic heterocycles. The minimum Gasteiger partial charge on any atom is -0.477 e. The first-order chi connectivity index (χ1) is 16.4. The van der Waals surface area contributed by atoms with Crippen molar-refractivity contribution in [3.05, 3.63) is 86.8 Å². The number of anilines is 2. The van der Waals surface area contributed by atoms with Crippen LogP contribution < -0.4 is 4.90 Å². The molecule has 9 heteroatoms. The van der Waals surface area contributed by atoms with E-state index in [2.05, 4.69) is 5.16 Å². The van der Waals surface area contributed by atoms with E-state index >= 15 is 0 Å². The molecular formula is C25H21ClN2O5S. The predicted molar refractivity (Wildman–Crippen MR) is 131 cm³/mol. The lowest BCUT2D eigenvalue weighted by atomic mass is 10.0. The summed E-state index contributed by atoms with van der Waals surface area (Å²) >= 11 is 7.67. The van der Waals surface area contributed by atoms with Crippen molar-refractivity contribution in [2.24, 2.45) is 0 Å². The van der Waals surface area contributed by atoms with Crippen LogP contribution in [0, 0.1) is 6.92 Å². The van der Waals surface area contributed by atoms with E-state index < -0.39 is 12.1 Å². The average Bonchev–Trinajstić information content (AvgIpc) is 3.43. The van der Waals surface area contributed by atoms with Crippen molar-refractivity contribution in [2.45, 2.75) is 20.3 Å². The minimum atomic E-state index is -0.926. The number of carbonyl (C=O) groups is 2. The second-order valence-electron chi connectivity index (χ2n) is 7.37. The number of aromatic nitrogens is 1. The molecule has 2 aromatic carbocycles. The lowest BCUT2D eigenvalue weighted by Gasteiger charge is -2.23. The molecule has 34 heavy (non-hydrogen) atoms. The third kappa shape index (κ3) is 4.83. The highest BCUT2D eigenvalue weighted by Gasteiger charge is 2.29. The maximum atomic E-state index is 13.0. The molecule has 1 amide bonds. The normalized spacial score (nSPS) is 10.8. The van der Waals surface area contributed by atoms with Crippen LogP contribution in [0.2, 0.25) is 5.02 Å². The van der Waals surface area contributed by atoms with Crippen molar-refractivity contribution >= 4 is 46.4 Å². The molecule has 4 rings (SSSR count). The highest BCUT2D eigenvalue weighted by atomic mass is 35.5. The molecule has 7 nitrogen and oxygen atoms in total. The summed E-state index contributed by atoms with van der Waals surface area (Å²) in [5.74, 6) is -0.489. The molecule has 0 bridgehead atoms. The third-order valence-electron chi connectivity index (χ3n) is 5.08. The van der Waals surface area contributed by atoms with Crippen LogP contribution in [-0.2, 0) is 11.2 Å². The van der Waals surface area contributed by atoms with E-state index in [1.807, 2.05) is 30.3 Å². The Labute approximate surface area is 205 Å². The smallest absolute Gasteiger partial charge is 0.419 e. The zero-order chi connectivity index (χ0) is 24.2. The van der Waals surface area contributed by atoms with Crippen LogP contribution in [0.15, 0.2) is 65.2 Å². The van der Waals surface area contributed by atoms with E-state index in [9.17, 15) is 9.59 Å². The summed E-state index contributed by atoms with van der Waals surface area (Å²) < 4.78 is 10.8. The van der Waals surface area contributed by atoms with Gasteiger partial charge in [0, 0.05) is 16.9 Å².